The van der Waals surface area contributed by atoms with Crippen molar-refractivity contribution in [2.75, 3.05) is 13.1 Å². The molecule has 1 fully saturated rings. The van der Waals surface area contributed by atoms with Crippen molar-refractivity contribution >= 4 is 39.1 Å². The third-order valence-corrected chi connectivity index (χ3v) is 9.79. The molecule has 0 unspecified atom stereocenters. The Balaban J connectivity index is 1.39. The van der Waals surface area contributed by atoms with Crippen molar-refractivity contribution in [1.82, 2.24) is 9.62 Å². The summed E-state index contributed by atoms with van der Waals surface area (Å²) >= 11 is 12.1. The summed E-state index contributed by atoms with van der Waals surface area (Å²) in [5, 5.41) is 4.06. The highest BCUT2D eigenvalue weighted by Crippen LogP contribution is 2.43. The maximum absolute atomic E-state index is 13.2. The van der Waals surface area contributed by atoms with E-state index in [4.69, 9.17) is 27.9 Å². The molecule has 0 saturated carbocycles. The molecule has 1 atom stereocenters. The maximum Gasteiger partial charge on any atom is 0.223 e. The van der Waals surface area contributed by atoms with Crippen molar-refractivity contribution in [2.24, 2.45) is 5.92 Å². The smallest absolute Gasteiger partial charge is 0.223 e. The summed E-state index contributed by atoms with van der Waals surface area (Å²) in [4.78, 5) is 13.2. The fourth-order valence-corrected chi connectivity index (χ4v) is 7.19. The quantitative estimate of drug-likeness (QED) is 0.488. The summed E-state index contributed by atoms with van der Waals surface area (Å²) in [6, 6.07) is 12.6. The van der Waals surface area contributed by atoms with Crippen LogP contribution >= 0.6 is 23.2 Å². The van der Waals surface area contributed by atoms with E-state index in [0.717, 1.165) is 30.6 Å². The van der Waals surface area contributed by atoms with Gasteiger partial charge in [-0.05, 0) is 49.4 Å². The molecule has 0 aromatic heterocycles. The normalized spacial score (nSPS) is 20.6. The average Bonchev–Trinajstić information content (AvgIpc) is 2.85. The Morgan fingerprint density at radius 1 is 1.11 bits per heavy atom. The number of fused-ring (bicyclic) bond motifs is 1. The zero-order valence-electron chi connectivity index (χ0n) is 20.1. The largest absolute Gasteiger partial charge is 0.487 e. The van der Waals surface area contributed by atoms with Gasteiger partial charge in [0.05, 0.1) is 11.8 Å². The predicted octanol–water partition coefficient (Wildman–Crippen LogP) is 5.73. The second kappa shape index (κ2) is 10.7. The SMILES string of the molecule is CCC1(CC)C[C@@H](NC(=O)C2CCN(S(=O)(=O)Cc3ccc(Cl)cc3Cl)CC2)c2ccccc2O1. The van der Waals surface area contributed by atoms with Gasteiger partial charge in [-0.2, -0.15) is 0 Å². The van der Waals surface area contributed by atoms with Gasteiger partial charge in [-0.15, -0.1) is 0 Å². The number of carbonyl (C=O) groups excluding carboxylic acids is 1. The molecule has 0 spiro atoms. The summed E-state index contributed by atoms with van der Waals surface area (Å²) in [6.07, 6.45) is 3.40. The zero-order valence-corrected chi connectivity index (χ0v) is 22.4. The van der Waals surface area contributed by atoms with E-state index in [0.29, 0.717) is 41.5 Å². The number of nitrogens with zero attached hydrogens (tertiary/aromatic N) is 1. The Kier molecular flexibility index (Phi) is 8.01. The average molecular weight is 540 g/mol. The molecule has 2 aliphatic heterocycles. The third-order valence-electron chi connectivity index (χ3n) is 7.37. The molecule has 2 heterocycles. The topological polar surface area (TPSA) is 75.7 Å². The molecule has 35 heavy (non-hydrogen) atoms. The minimum atomic E-state index is -3.55. The predicted molar refractivity (Wildman–Crippen MR) is 139 cm³/mol. The number of para-hydroxylation sites is 1. The lowest BCUT2D eigenvalue weighted by Crippen LogP contribution is -2.47. The third kappa shape index (κ3) is 5.79. The second-order valence-electron chi connectivity index (χ2n) is 9.46. The molecule has 190 valence electrons. The van der Waals surface area contributed by atoms with Crippen LogP contribution in [0.4, 0.5) is 0 Å². The number of ether oxygens (including phenoxy) is 1. The van der Waals surface area contributed by atoms with Gasteiger partial charge < -0.3 is 10.1 Å². The minimum Gasteiger partial charge on any atom is -0.487 e. The van der Waals surface area contributed by atoms with Crippen LogP contribution in [0.15, 0.2) is 42.5 Å². The monoisotopic (exact) mass is 538 g/mol. The van der Waals surface area contributed by atoms with E-state index in [1.807, 2.05) is 24.3 Å². The first-order chi connectivity index (χ1) is 16.7. The number of sulfonamides is 1. The number of piperidine rings is 1. The molecule has 0 aliphatic carbocycles. The van der Waals surface area contributed by atoms with Crippen molar-refractivity contribution < 1.29 is 17.9 Å². The van der Waals surface area contributed by atoms with Crippen LogP contribution in [0.5, 0.6) is 5.75 Å². The van der Waals surface area contributed by atoms with Gasteiger partial charge in [0.1, 0.15) is 11.4 Å². The van der Waals surface area contributed by atoms with E-state index in [1.165, 1.54) is 4.31 Å². The Bertz CT molecular complexity index is 1180. The van der Waals surface area contributed by atoms with Gasteiger partial charge in [-0.25, -0.2) is 12.7 Å². The van der Waals surface area contributed by atoms with Crippen LogP contribution in [-0.4, -0.2) is 37.3 Å². The fraction of sp³-hybridized carbons (Fsp3) is 0.500. The van der Waals surface area contributed by atoms with Crippen LogP contribution in [-0.2, 0) is 20.6 Å². The van der Waals surface area contributed by atoms with Gasteiger partial charge >= 0.3 is 0 Å². The first-order valence-electron chi connectivity index (χ1n) is 12.2. The Morgan fingerprint density at radius 3 is 2.46 bits per heavy atom. The van der Waals surface area contributed by atoms with E-state index >= 15 is 0 Å². The molecule has 1 amide bonds. The van der Waals surface area contributed by atoms with Crippen molar-refractivity contribution in [3.05, 3.63) is 63.6 Å². The lowest BCUT2D eigenvalue weighted by molar-refractivity contribution is -0.127. The molecule has 1 saturated heterocycles. The molecule has 0 radical (unpaired) electrons. The number of nitrogens with one attached hydrogen (secondary N) is 1. The van der Waals surface area contributed by atoms with E-state index < -0.39 is 10.0 Å². The zero-order chi connectivity index (χ0) is 25.2. The number of hydrogen-bond donors (Lipinski definition) is 1. The van der Waals surface area contributed by atoms with Crippen LogP contribution in [0, 0.1) is 5.92 Å². The lowest BCUT2D eigenvalue weighted by atomic mass is 9.83. The molecular formula is C26H32Cl2N2O4S. The van der Waals surface area contributed by atoms with Gasteiger partial charge in [0.25, 0.3) is 0 Å². The van der Waals surface area contributed by atoms with Gasteiger partial charge in [0.15, 0.2) is 0 Å². The van der Waals surface area contributed by atoms with Crippen LogP contribution < -0.4 is 10.1 Å². The van der Waals surface area contributed by atoms with Crippen molar-refractivity contribution in [3.8, 4) is 5.75 Å². The molecule has 2 aromatic carbocycles. The summed E-state index contributed by atoms with van der Waals surface area (Å²) in [7, 11) is -3.55. The number of halogens is 2. The highest BCUT2D eigenvalue weighted by molar-refractivity contribution is 7.88. The van der Waals surface area contributed by atoms with Gasteiger partial charge in [0.2, 0.25) is 15.9 Å². The molecular weight excluding hydrogens is 507 g/mol. The van der Waals surface area contributed by atoms with Crippen LogP contribution in [0.2, 0.25) is 10.0 Å². The molecule has 9 heteroatoms. The highest BCUT2D eigenvalue weighted by atomic mass is 35.5. The van der Waals surface area contributed by atoms with Crippen molar-refractivity contribution in [1.29, 1.82) is 0 Å². The number of amides is 1. The highest BCUT2D eigenvalue weighted by Gasteiger charge is 2.40. The first kappa shape index (κ1) is 26.3. The summed E-state index contributed by atoms with van der Waals surface area (Å²) < 4.78 is 33.8. The number of hydrogen-bond acceptors (Lipinski definition) is 4. The van der Waals surface area contributed by atoms with E-state index in [9.17, 15) is 13.2 Å². The Labute approximate surface area is 218 Å². The van der Waals surface area contributed by atoms with Crippen LogP contribution in [0.25, 0.3) is 0 Å². The molecule has 4 rings (SSSR count). The number of benzene rings is 2. The fourth-order valence-electron chi connectivity index (χ4n) is 5.04. The van der Waals surface area contributed by atoms with Gasteiger partial charge in [-0.1, -0.05) is 61.3 Å². The van der Waals surface area contributed by atoms with Crippen molar-refractivity contribution in [2.45, 2.75) is 63.3 Å². The van der Waals surface area contributed by atoms with Crippen LogP contribution in [0.1, 0.15) is 63.1 Å². The summed E-state index contributed by atoms with van der Waals surface area (Å²) in [5.74, 6) is 0.392. The van der Waals surface area contributed by atoms with Crippen LogP contribution in [0.3, 0.4) is 0 Å². The van der Waals surface area contributed by atoms with E-state index in [1.54, 1.807) is 18.2 Å². The summed E-state index contributed by atoms with van der Waals surface area (Å²) in [6.45, 7) is 4.85. The second-order valence-corrected chi connectivity index (χ2v) is 12.3. The number of carbonyl (C=O) groups is 1. The maximum atomic E-state index is 13.2. The molecule has 1 N–H and O–H groups in total. The summed E-state index contributed by atoms with van der Waals surface area (Å²) in [5.41, 5.74) is 1.22. The first-order valence-corrected chi connectivity index (χ1v) is 14.5. The Hall–Kier alpha value is -1.80. The van der Waals surface area contributed by atoms with Gasteiger partial charge in [0, 0.05) is 41.0 Å². The molecule has 6 nitrogen and oxygen atoms in total. The van der Waals surface area contributed by atoms with Crippen molar-refractivity contribution in [3.63, 3.8) is 0 Å². The molecule has 0 bridgehead atoms. The van der Waals surface area contributed by atoms with Gasteiger partial charge in [-0.3, -0.25) is 4.79 Å². The van der Waals surface area contributed by atoms with E-state index in [2.05, 4.69) is 19.2 Å². The van der Waals surface area contributed by atoms with E-state index in [-0.39, 0.29) is 29.2 Å². The lowest BCUT2D eigenvalue weighted by Gasteiger charge is -2.42. The Morgan fingerprint density at radius 2 is 1.80 bits per heavy atom. The number of rotatable bonds is 7. The standard InChI is InChI=1S/C26H32Cl2N2O4S/c1-3-26(4-2)16-23(21-7-5-6-8-24(21)34-26)29-25(31)18-11-13-30(14-12-18)35(32,33)17-19-9-10-20(27)15-22(19)28/h5-10,15,18,23H,3-4,11-14,16-17H2,1-2H3,(H,29,31)/t23-/m1/s1. The molecule has 2 aliphatic rings. The minimum absolute atomic E-state index is 0.0226. The molecule has 2 aromatic rings.